The Morgan fingerprint density at radius 2 is 2.35 bits per heavy atom. The molecule has 3 rings (SSSR count). The molecule has 2 aromatic rings. The third-order valence-corrected chi connectivity index (χ3v) is 4.20. The second-order valence-electron chi connectivity index (χ2n) is 4.85. The van der Waals surface area contributed by atoms with Crippen LogP contribution in [0.3, 0.4) is 0 Å². The zero-order chi connectivity index (χ0) is 13.9. The summed E-state index contributed by atoms with van der Waals surface area (Å²) in [5.74, 6) is 2.41. The molecule has 1 aliphatic rings. The number of aromatic nitrogens is 2. The molecule has 1 N–H and O–H groups in total. The van der Waals surface area contributed by atoms with Crippen LogP contribution < -0.4 is 10.1 Å². The van der Waals surface area contributed by atoms with Gasteiger partial charge in [0.1, 0.15) is 5.75 Å². The predicted molar refractivity (Wildman–Crippen MR) is 78.8 cm³/mol. The Kier molecular flexibility index (Phi) is 4.03. The Bertz CT molecular complexity index is 594. The number of piperidine rings is 1. The van der Waals surface area contributed by atoms with Crippen LogP contribution in [0.2, 0.25) is 0 Å². The van der Waals surface area contributed by atoms with E-state index in [0.717, 1.165) is 47.5 Å². The Morgan fingerprint density at radius 3 is 3.10 bits per heavy atom. The highest BCUT2D eigenvalue weighted by molar-refractivity contribution is 9.10. The molecule has 0 spiro atoms. The minimum Gasteiger partial charge on any atom is -0.497 e. The maximum Gasteiger partial charge on any atom is 0.259 e. The molecule has 1 fully saturated rings. The Labute approximate surface area is 125 Å². The van der Waals surface area contributed by atoms with Crippen molar-refractivity contribution in [2.24, 2.45) is 0 Å². The third-order valence-electron chi connectivity index (χ3n) is 3.51. The molecule has 1 aliphatic heterocycles. The maximum absolute atomic E-state index is 5.41. The van der Waals surface area contributed by atoms with Gasteiger partial charge in [-0.1, -0.05) is 5.16 Å². The van der Waals surface area contributed by atoms with E-state index in [2.05, 4.69) is 31.4 Å². The lowest BCUT2D eigenvalue weighted by atomic mass is 9.99. The van der Waals surface area contributed by atoms with Crippen LogP contribution in [0, 0.1) is 0 Å². The number of hydrogen-bond donors (Lipinski definition) is 1. The van der Waals surface area contributed by atoms with Gasteiger partial charge < -0.3 is 14.6 Å². The lowest BCUT2D eigenvalue weighted by Gasteiger charge is -2.19. The SMILES string of the molecule is COc1ccc(Br)c(-c2nc(C3CCCNC3)no2)c1. The number of methoxy groups -OCH3 is 1. The fourth-order valence-corrected chi connectivity index (χ4v) is 2.79. The van der Waals surface area contributed by atoms with Crippen molar-refractivity contribution in [1.82, 2.24) is 15.5 Å². The zero-order valence-electron chi connectivity index (χ0n) is 11.2. The topological polar surface area (TPSA) is 60.2 Å². The number of ether oxygens (including phenoxy) is 1. The number of nitrogens with one attached hydrogen (secondary N) is 1. The van der Waals surface area contributed by atoms with Gasteiger partial charge in [0.25, 0.3) is 5.89 Å². The molecule has 0 amide bonds. The number of halogens is 1. The molecule has 1 aromatic carbocycles. The van der Waals surface area contributed by atoms with Gasteiger partial charge in [0.15, 0.2) is 5.82 Å². The number of benzene rings is 1. The Hall–Kier alpha value is -1.40. The Balaban J connectivity index is 1.89. The average molecular weight is 338 g/mol. The van der Waals surface area contributed by atoms with E-state index < -0.39 is 0 Å². The molecule has 106 valence electrons. The van der Waals surface area contributed by atoms with E-state index in [4.69, 9.17) is 9.26 Å². The maximum atomic E-state index is 5.41. The molecule has 0 saturated carbocycles. The van der Waals surface area contributed by atoms with Gasteiger partial charge >= 0.3 is 0 Å². The van der Waals surface area contributed by atoms with Crippen LogP contribution in [-0.4, -0.2) is 30.3 Å². The monoisotopic (exact) mass is 337 g/mol. The van der Waals surface area contributed by atoms with Crippen LogP contribution >= 0.6 is 15.9 Å². The van der Waals surface area contributed by atoms with Crippen LogP contribution in [0.4, 0.5) is 0 Å². The summed E-state index contributed by atoms with van der Waals surface area (Å²) in [7, 11) is 1.64. The van der Waals surface area contributed by atoms with Crippen molar-refractivity contribution in [2.45, 2.75) is 18.8 Å². The average Bonchev–Trinajstić information content (AvgIpc) is 2.98. The molecule has 0 aliphatic carbocycles. The first-order chi connectivity index (χ1) is 9.78. The molecule has 0 radical (unpaired) electrons. The highest BCUT2D eigenvalue weighted by Crippen LogP contribution is 2.32. The molecule has 6 heteroatoms. The summed E-state index contributed by atoms with van der Waals surface area (Å²) < 4.78 is 11.6. The van der Waals surface area contributed by atoms with Crippen molar-refractivity contribution >= 4 is 15.9 Å². The van der Waals surface area contributed by atoms with Crippen LogP contribution in [-0.2, 0) is 0 Å². The summed E-state index contributed by atoms with van der Waals surface area (Å²) in [6.45, 7) is 1.99. The molecule has 5 nitrogen and oxygen atoms in total. The van der Waals surface area contributed by atoms with Crippen LogP contribution in [0.1, 0.15) is 24.6 Å². The highest BCUT2D eigenvalue weighted by Gasteiger charge is 2.22. The fraction of sp³-hybridized carbons (Fsp3) is 0.429. The second-order valence-corrected chi connectivity index (χ2v) is 5.70. The van der Waals surface area contributed by atoms with Gasteiger partial charge in [-0.05, 0) is 53.5 Å². The summed E-state index contributed by atoms with van der Waals surface area (Å²) in [5.41, 5.74) is 0.854. The molecule has 0 bridgehead atoms. The van der Waals surface area contributed by atoms with E-state index in [0.29, 0.717) is 11.8 Å². The lowest BCUT2D eigenvalue weighted by molar-refractivity contribution is 0.392. The van der Waals surface area contributed by atoms with Gasteiger partial charge in [-0.25, -0.2) is 0 Å². The first-order valence-electron chi connectivity index (χ1n) is 6.66. The molecular weight excluding hydrogens is 322 g/mol. The minimum atomic E-state index is 0.339. The van der Waals surface area contributed by atoms with E-state index in [9.17, 15) is 0 Å². The molecule has 1 saturated heterocycles. The number of hydrogen-bond acceptors (Lipinski definition) is 5. The molecule has 1 aromatic heterocycles. The summed E-state index contributed by atoms with van der Waals surface area (Å²) in [4.78, 5) is 4.54. The quantitative estimate of drug-likeness (QED) is 0.932. The second kappa shape index (κ2) is 5.93. The molecule has 20 heavy (non-hydrogen) atoms. The third kappa shape index (κ3) is 2.71. The van der Waals surface area contributed by atoms with Crippen molar-refractivity contribution in [3.05, 3.63) is 28.5 Å². The first-order valence-corrected chi connectivity index (χ1v) is 7.45. The van der Waals surface area contributed by atoms with Gasteiger partial charge in [-0.2, -0.15) is 4.98 Å². The molecule has 1 atom stereocenters. The van der Waals surface area contributed by atoms with Crippen molar-refractivity contribution < 1.29 is 9.26 Å². The van der Waals surface area contributed by atoms with E-state index in [1.165, 1.54) is 0 Å². The first kappa shape index (κ1) is 13.6. The van der Waals surface area contributed by atoms with Crippen molar-refractivity contribution in [2.75, 3.05) is 20.2 Å². The summed E-state index contributed by atoms with van der Waals surface area (Å²) in [6.07, 6.45) is 2.25. The standard InChI is InChI=1S/C14H16BrN3O2/c1-19-10-4-5-12(15)11(7-10)14-17-13(18-20-14)9-3-2-6-16-8-9/h4-5,7,9,16H,2-3,6,8H2,1H3. The zero-order valence-corrected chi connectivity index (χ0v) is 12.8. The van der Waals surface area contributed by atoms with Crippen molar-refractivity contribution in [1.29, 1.82) is 0 Å². The summed E-state index contributed by atoms with van der Waals surface area (Å²) in [6, 6.07) is 5.69. The predicted octanol–water partition coefficient (Wildman–Crippen LogP) is 2.97. The van der Waals surface area contributed by atoms with E-state index in [1.54, 1.807) is 7.11 Å². The van der Waals surface area contributed by atoms with Gasteiger partial charge in [0, 0.05) is 16.9 Å². The number of nitrogens with zero attached hydrogens (tertiary/aromatic N) is 2. The largest absolute Gasteiger partial charge is 0.497 e. The highest BCUT2D eigenvalue weighted by atomic mass is 79.9. The van der Waals surface area contributed by atoms with E-state index in [-0.39, 0.29) is 0 Å². The lowest BCUT2D eigenvalue weighted by Crippen LogP contribution is -2.28. The van der Waals surface area contributed by atoms with Gasteiger partial charge in [0.05, 0.1) is 12.7 Å². The number of rotatable bonds is 3. The minimum absolute atomic E-state index is 0.339. The summed E-state index contributed by atoms with van der Waals surface area (Å²) in [5, 5.41) is 7.49. The van der Waals surface area contributed by atoms with Gasteiger partial charge in [-0.3, -0.25) is 0 Å². The van der Waals surface area contributed by atoms with Crippen molar-refractivity contribution in [3.63, 3.8) is 0 Å². The van der Waals surface area contributed by atoms with Gasteiger partial charge in [-0.15, -0.1) is 0 Å². The van der Waals surface area contributed by atoms with E-state index >= 15 is 0 Å². The molecule has 1 unspecified atom stereocenters. The van der Waals surface area contributed by atoms with Crippen LogP contribution in [0.25, 0.3) is 11.5 Å². The molecular formula is C14H16BrN3O2. The van der Waals surface area contributed by atoms with Crippen LogP contribution in [0.15, 0.2) is 27.2 Å². The van der Waals surface area contributed by atoms with Crippen molar-refractivity contribution in [3.8, 4) is 17.2 Å². The fourth-order valence-electron chi connectivity index (χ4n) is 2.38. The van der Waals surface area contributed by atoms with Gasteiger partial charge in [0.2, 0.25) is 0 Å². The smallest absolute Gasteiger partial charge is 0.259 e. The Morgan fingerprint density at radius 1 is 1.45 bits per heavy atom. The summed E-state index contributed by atoms with van der Waals surface area (Å²) >= 11 is 3.51. The van der Waals surface area contributed by atoms with E-state index in [1.807, 2.05) is 18.2 Å². The normalized spacial score (nSPS) is 19.0. The van der Waals surface area contributed by atoms with Crippen LogP contribution in [0.5, 0.6) is 5.75 Å². The molecule has 2 heterocycles.